The Labute approximate surface area is 204 Å². The molecule has 0 aliphatic heterocycles. The summed E-state index contributed by atoms with van der Waals surface area (Å²) in [5.41, 5.74) is 1.57. The quantitative estimate of drug-likeness (QED) is 0.332. The molecule has 2 N–H and O–H groups in total. The van der Waals surface area contributed by atoms with Crippen LogP contribution in [-0.2, 0) is 10.2 Å². The number of aliphatic carboxylic acids is 1. The Balaban J connectivity index is 1.79. The SMILES string of the molecule is Cc1c(-c2ccccc2)nc2ccc(Br)cc2c1C(=O)NC[C@@](C)(C(=O)O)c1ccccc1F. The van der Waals surface area contributed by atoms with E-state index in [1.165, 1.54) is 25.1 Å². The molecule has 4 aromatic rings. The molecule has 0 saturated heterocycles. The molecule has 1 aromatic heterocycles. The largest absolute Gasteiger partial charge is 0.481 e. The minimum absolute atomic E-state index is 0.00632. The highest BCUT2D eigenvalue weighted by Crippen LogP contribution is 2.32. The van der Waals surface area contributed by atoms with Gasteiger partial charge >= 0.3 is 5.97 Å². The Morgan fingerprint density at radius 2 is 1.74 bits per heavy atom. The van der Waals surface area contributed by atoms with E-state index >= 15 is 0 Å². The standard InChI is InChI=1S/C27H22BrFN2O3/c1-16-23(25(32)30-15-27(2,26(33)34)20-10-6-7-11-21(20)29)19-14-18(28)12-13-22(19)31-24(16)17-8-4-3-5-9-17/h3-14H,15H2,1-2H3,(H,30,32)(H,33,34)/t27-/m1/s1. The van der Waals surface area contributed by atoms with Crippen LogP contribution in [0.4, 0.5) is 4.39 Å². The van der Waals surface area contributed by atoms with E-state index in [2.05, 4.69) is 21.2 Å². The molecule has 0 bridgehead atoms. The maximum absolute atomic E-state index is 14.5. The number of rotatable bonds is 6. The van der Waals surface area contributed by atoms with Crippen LogP contribution in [0.1, 0.15) is 28.4 Å². The minimum atomic E-state index is -1.65. The van der Waals surface area contributed by atoms with E-state index in [1.54, 1.807) is 6.07 Å². The first-order valence-corrected chi connectivity index (χ1v) is 11.4. The van der Waals surface area contributed by atoms with Crippen molar-refractivity contribution in [3.05, 3.63) is 99.8 Å². The number of amides is 1. The summed E-state index contributed by atoms with van der Waals surface area (Å²) in [7, 11) is 0. The molecule has 0 unspecified atom stereocenters. The average molecular weight is 521 g/mol. The zero-order valence-electron chi connectivity index (χ0n) is 18.6. The average Bonchev–Trinajstić information content (AvgIpc) is 2.82. The molecule has 4 rings (SSSR count). The molecule has 1 heterocycles. The number of carboxylic acids is 1. The molecule has 5 nitrogen and oxygen atoms in total. The Bertz CT molecular complexity index is 1410. The van der Waals surface area contributed by atoms with Crippen molar-refractivity contribution in [2.24, 2.45) is 0 Å². The number of fused-ring (bicyclic) bond motifs is 1. The van der Waals surface area contributed by atoms with Gasteiger partial charge in [0.25, 0.3) is 5.91 Å². The number of carbonyl (C=O) groups is 2. The molecule has 0 aliphatic carbocycles. The van der Waals surface area contributed by atoms with Crippen LogP contribution in [0.3, 0.4) is 0 Å². The van der Waals surface area contributed by atoms with Crippen LogP contribution in [0.2, 0.25) is 0 Å². The lowest BCUT2D eigenvalue weighted by Crippen LogP contribution is -2.45. The molecule has 172 valence electrons. The van der Waals surface area contributed by atoms with Crippen molar-refractivity contribution in [3.63, 3.8) is 0 Å². The fourth-order valence-electron chi connectivity index (χ4n) is 4.04. The highest BCUT2D eigenvalue weighted by molar-refractivity contribution is 9.10. The van der Waals surface area contributed by atoms with Crippen molar-refractivity contribution >= 4 is 38.7 Å². The molecular formula is C27H22BrFN2O3. The molecule has 1 amide bonds. The van der Waals surface area contributed by atoms with Gasteiger partial charge in [0, 0.05) is 27.5 Å². The molecule has 0 saturated carbocycles. The van der Waals surface area contributed by atoms with Gasteiger partial charge in [0.15, 0.2) is 0 Å². The molecule has 0 aliphatic rings. The van der Waals surface area contributed by atoms with Crippen LogP contribution < -0.4 is 5.32 Å². The van der Waals surface area contributed by atoms with Gasteiger partial charge in [0.05, 0.1) is 16.8 Å². The summed E-state index contributed by atoms with van der Waals surface area (Å²) in [5, 5.41) is 13.3. The van der Waals surface area contributed by atoms with Crippen LogP contribution in [0, 0.1) is 12.7 Å². The van der Waals surface area contributed by atoms with Gasteiger partial charge in [-0.3, -0.25) is 9.59 Å². The topological polar surface area (TPSA) is 79.3 Å². The van der Waals surface area contributed by atoms with E-state index in [9.17, 15) is 19.1 Å². The number of hydrogen-bond donors (Lipinski definition) is 2. The van der Waals surface area contributed by atoms with E-state index < -0.39 is 23.1 Å². The molecule has 3 aromatic carbocycles. The van der Waals surface area contributed by atoms with Crippen LogP contribution in [0.15, 0.2) is 77.3 Å². The van der Waals surface area contributed by atoms with Crippen LogP contribution in [0.5, 0.6) is 0 Å². The van der Waals surface area contributed by atoms with Crippen molar-refractivity contribution in [3.8, 4) is 11.3 Å². The number of nitrogens with one attached hydrogen (secondary N) is 1. The van der Waals surface area contributed by atoms with Gasteiger partial charge in [-0.2, -0.15) is 0 Å². The maximum atomic E-state index is 14.5. The van der Waals surface area contributed by atoms with E-state index in [0.717, 1.165) is 10.0 Å². The van der Waals surface area contributed by atoms with E-state index in [1.807, 2.05) is 55.5 Å². The number of benzene rings is 3. The molecule has 34 heavy (non-hydrogen) atoms. The van der Waals surface area contributed by atoms with Crippen molar-refractivity contribution in [1.29, 1.82) is 0 Å². The van der Waals surface area contributed by atoms with Gasteiger partial charge in [-0.05, 0) is 43.7 Å². The fraction of sp³-hybridized carbons (Fsp3) is 0.148. The highest BCUT2D eigenvalue weighted by Gasteiger charge is 2.38. The zero-order valence-corrected chi connectivity index (χ0v) is 20.2. The molecule has 0 spiro atoms. The van der Waals surface area contributed by atoms with Crippen LogP contribution in [-0.4, -0.2) is 28.5 Å². The van der Waals surface area contributed by atoms with Crippen molar-refractivity contribution in [2.75, 3.05) is 6.54 Å². The number of hydrogen-bond acceptors (Lipinski definition) is 3. The Kier molecular flexibility index (Phi) is 6.48. The molecular weight excluding hydrogens is 499 g/mol. The first-order valence-electron chi connectivity index (χ1n) is 10.6. The lowest BCUT2D eigenvalue weighted by atomic mass is 9.82. The Hall–Kier alpha value is -3.58. The lowest BCUT2D eigenvalue weighted by Gasteiger charge is -2.26. The van der Waals surface area contributed by atoms with Crippen molar-refractivity contribution in [1.82, 2.24) is 10.3 Å². The number of pyridine rings is 1. The number of carboxylic acid groups (broad SMARTS) is 1. The summed E-state index contributed by atoms with van der Waals surface area (Å²) in [6.45, 7) is 2.93. The summed E-state index contributed by atoms with van der Waals surface area (Å²) in [5.74, 6) is -2.33. The molecule has 1 atom stereocenters. The summed E-state index contributed by atoms with van der Waals surface area (Å²) in [4.78, 5) is 30.5. The summed E-state index contributed by atoms with van der Waals surface area (Å²) < 4.78 is 15.2. The minimum Gasteiger partial charge on any atom is -0.481 e. The second-order valence-electron chi connectivity index (χ2n) is 8.29. The normalized spacial score (nSPS) is 12.8. The number of aromatic nitrogens is 1. The van der Waals surface area contributed by atoms with Gasteiger partial charge in [0.1, 0.15) is 11.2 Å². The van der Waals surface area contributed by atoms with Gasteiger partial charge in [-0.1, -0.05) is 64.5 Å². The van der Waals surface area contributed by atoms with Crippen LogP contribution in [0.25, 0.3) is 22.2 Å². The van der Waals surface area contributed by atoms with Crippen LogP contribution >= 0.6 is 15.9 Å². The number of carbonyl (C=O) groups excluding carboxylic acids is 1. The van der Waals surface area contributed by atoms with Crippen molar-refractivity contribution < 1.29 is 19.1 Å². The fourth-order valence-corrected chi connectivity index (χ4v) is 4.40. The first-order chi connectivity index (χ1) is 16.2. The van der Waals surface area contributed by atoms with E-state index in [4.69, 9.17) is 4.98 Å². The van der Waals surface area contributed by atoms with Gasteiger partial charge < -0.3 is 10.4 Å². The van der Waals surface area contributed by atoms with Gasteiger partial charge in [-0.25, -0.2) is 9.37 Å². The predicted octanol–water partition coefficient (Wildman–Crippen LogP) is 5.88. The smallest absolute Gasteiger partial charge is 0.315 e. The summed E-state index contributed by atoms with van der Waals surface area (Å²) in [6.07, 6.45) is 0. The van der Waals surface area contributed by atoms with Crippen molar-refractivity contribution in [2.45, 2.75) is 19.3 Å². The number of halogens is 2. The second-order valence-corrected chi connectivity index (χ2v) is 9.20. The number of nitrogens with zero attached hydrogens (tertiary/aromatic N) is 1. The first kappa shape index (κ1) is 23.6. The molecule has 0 fully saturated rings. The zero-order chi connectivity index (χ0) is 24.5. The molecule has 7 heteroatoms. The second kappa shape index (κ2) is 9.35. The lowest BCUT2D eigenvalue weighted by molar-refractivity contribution is -0.143. The Morgan fingerprint density at radius 1 is 1.06 bits per heavy atom. The Morgan fingerprint density at radius 3 is 2.41 bits per heavy atom. The highest BCUT2D eigenvalue weighted by atomic mass is 79.9. The van der Waals surface area contributed by atoms with E-state index in [-0.39, 0.29) is 12.1 Å². The van der Waals surface area contributed by atoms with Gasteiger partial charge in [-0.15, -0.1) is 0 Å². The monoisotopic (exact) mass is 520 g/mol. The summed E-state index contributed by atoms with van der Waals surface area (Å²) >= 11 is 3.45. The third-order valence-electron chi connectivity index (χ3n) is 6.01. The van der Waals surface area contributed by atoms with Gasteiger partial charge in [0.2, 0.25) is 0 Å². The summed E-state index contributed by atoms with van der Waals surface area (Å²) in [6, 6.07) is 20.7. The molecule has 0 radical (unpaired) electrons. The predicted molar refractivity (Wildman–Crippen MR) is 133 cm³/mol. The third kappa shape index (κ3) is 4.31. The third-order valence-corrected chi connectivity index (χ3v) is 6.50. The maximum Gasteiger partial charge on any atom is 0.315 e. The van der Waals surface area contributed by atoms with E-state index in [0.29, 0.717) is 27.7 Å².